The highest BCUT2D eigenvalue weighted by molar-refractivity contribution is 7.10. The maximum absolute atomic E-state index is 13.8. The van der Waals surface area contributed by atoms with Gasteiger partial charge in [-0.15, -0.1) is 11.3 Å². The summed E-state index contributed by atoms with van der Waals surface area (Å²) in [5, 5.41) is 15.0. The zero-order chi connectivity index (χ0) is 26.2. The second-order valence-corrected chi connectivity index (χ2v) is 10.2. The fourth-order valence-corrected chi connectivity index (χ4v) is 5.35. The molecule has 2 amide bonds. The van der Waals surface area contributed by atoms with Crippen LogP contribution in [0.5, 0.6) is 5.75 Å². The maximum atomic E-state index is 13.8. The molecule has 3 aromatic rings. The first-order valence-electron chi connectivity index (χ1n) is 12.7. The molecule has 1 aliphatic carbocycles. The van der Waals surface area contributed by atoms with Crippen molar-refractivity contribution in [3.05, 3.63) is 82.0 Å². The van der Waals surface area contributed by atoms with E-state index in [0.29, 0.717) is 16.8 Å². The molecule has 0 unspecified atom stereocenters. The third-order valence-electron chi connectivity index (χ3n) is 6.50. The molecule has 0 saturated heterocycles. The Kier molecular flexibility index (Phi) is 8.95. The van der Waals surface area contributed by atoms with Crippen LogP contribution in [0.1, 0.15) is 65.9 Å². The molecule has 0 radical (unpaired) electrons. The molecule has 4 rings (SSSR count). The van der Waals surface area contributed by atoms with E-state index in [1.54, 1.807) is 43.3 Å². The second kappa shape index (κ2) is 12.5. The summed E-state index contributed by atoms with van der Waals surface area (Å²) in [5.41, 5.74) is 1.44. The number of hydrogen-bond acceptors (Lipinski definition) is 6. The Balaban J connectivity index is 1.73. The van der Waals surface area contributed by atoms with Crippen molar-refractivity contribution in [3.63, 3.8) is 0 Å². The Morgan fingerprint density at radius 2 is 1.73 bits per heavy atom. The smallest absolute Gasteiger partial charge is 0.338 e. The molecule has 1 fully saturated rings. The predicted octanol–water partition coefficient (Wildman–Crippen LogP) is 5.40. The molecule has 1 heterocycles. The number of aromatic hydroxyl groups is 1. The summed E-state index contributed by atoms with van der Waals surface area (Å²) in [6.45, 7) is 2.00. The number of phenols is 1. The molecule has 8 heteroatoms. The Bertz CT molecular complexity index is 1190. The number of rotatable bonds is 9. The van der Waals surface area contributed by atoms with Gasteiger partial charge in [-0.1, -0.05) is 37.5 Å². The van der Waals surface area contributed by atoms with E-state index in [-0.39, 0.29) is 36.6 Å². The van der Waals surface area contributed by atoms with Crippen molar-refractivity contribution in [1.29, 1.82) is 0 Å². The molecule has 37 heavy (non-hydrogen) atoms. The summed E-state index contributed by atoms with van der Waals surface area (Å²) in [6, 6.07) is 15.8. The van der Waals surface area contributed by atoms with Crippen molar-refractivity contribution in [2.75, 3.05) is 11.5 Å². The molecular formula is C29H32N2O5S. The van der Waals surface area contributed by atoms with Gasteiger partial charge in [0.05, 0.1) is 18.6 Å². The van der Waals surface area contributed by atoms with Gasteiger partial charge in [0.1, 0.15) is 11.8 Å². The quantitative estimate of drug-likeness (QED) is 0.369. The highest BCUT2D eigenvalue weighted by Crippen LogP contribution is 2.31. The molecule has 194 valence electrons. The SMILES string of the molecule is CCOC(=O)c1ccc(N(C(=O)Cc2cccs2)[C@H](C(=O)NC2CCCCC2)c2ccc(O)cc2)cc1. The monoisotopic (exact) mass is 520 g/mol. The molecule has 2 N–H and O–H groups in total. The van der Waals surface area contributed by atoms with Gasteiger partial charge in [0.2, 0.25) is 11.8 Å². The fraction of sp³-hybridized carbons (Fsp3) is 0.345. The zero-order valence-electron chi connectivity index (χ0n) is 20.9. The van der Waals surface area contributed by atoms with Crippen LogP contribution in [0.3, 0.4) is 0 Å². The van der Waals surface area contributed by atoms with E-state index in [2.05, 4.69) is 5.32 Å². The number of hydrogen-bond donors (Lipinski definition) is 2. The van der Waals surface area contributed by atoms with Gasteiger partial charge < -0.3 is 15.2 Å². The number of nitrogens with one attached hydrogen (secondary N) is 1. The number of carbonyl (C=O) groups is 3. The Morgan fingerprint density at radius 3 is 2.35 bits per heavy atom. The normalized spacial score (nSPS) is 14.5. The number of amides is 2. The maximum Gasteiger partial charge on any atom is 0.338 e. The number of thiophene rings is 1. The van der Waals surface area contributed by atoms with Crippen molar-refractivity contribution in [2.24, 2.45) is 0 Å². The number of benzene rings is 2. The van der Waals surface area contributed by atoms with Crippen molar-refractivity contribution < 1.29 is 24.2 Å². The average molecular weight is 521 g/mol. The molecular weight excluding hydrogens is 488 g/mol. The molecule has 0 bridgehead atoms. The van der Waals surface area contributed by atoms with Gasteiger partial charge in [0.15, 0.2) is 0 Å². The lowest BCUT2D eigenvalue weighted by Crippen LogP contribution is -2.47. The number of carbonyl (C=O) groups excluding carboxylic acids is 3. The third-order valence-corrected chi connectivity index (χ3v) is 7.37. The molecule has 2 aromatic carbocycles. The number of esters is 1. The van der Waals surface area contributed by atoms with E-state index in [4.69, 9.17) is 4.74 Å². The lowest BCUT2D eigenvalue weighted by molar-refractivity contribution is -0.127. The predicted molar refractivity (Wildman–Crippen MR) is 144 cm³/mol. The van der Waals surface area contributed by atoms with E-state index in [1.165, 1.54) is 28.4 Å². The average Bonchev–Trinajstić information content (AvgIpc) is 3.41. The van der Waals surface area contributed by atoms with Gasteiger partial charge in [0, 0.05) is 16.6 Å². The van der Waals surface area contributed by atoms with Gasteiger partial charge in [-0.2, -0.15) is 0 Å². The lowest BCUT2D eigenvalue weighted by Gasteiger charge is -2.33. The summed E-state index contributed by atoms with van der Waals surface area (Å²) in [4.78, 5) is 42.2. The summed E-state index contributed by atoms with van der Waals surface area (Å²) < 4.78 is 5.09. The van der Waals surface area contributed by atoms with Crippen LogP contribution in [0.25, 0.3) is 0 Å². The molecule has 7 nitrogen and oxygen atoms in total. The van der Waals surface area contributed by atoms with Gasteiger partial charge in [-0.3, -0.25) is 14.5 Å². The van der Waals surface area contributed by atoms with Gasteiger partial charge in [-0.05, 0) is 73.2 Å². The number of ether oxygens (including phenoxy) is 1. The number of nitrogens with zero attached hydrogens (tertiary/aromatic N) is 1. The Hall–Kier alpha value is -3.65. The van der Waals surface area contributed by atoms with Crippen molar-refractivity contribution in [2.45, 2.75) is 57.5 Å². The molecule has 0 aliphatic heterocycles. The van der Waals surface area contributed by atoms with Crippen LogP contribution < -0.4 is 10.2 Å². The van der Waals surface area contributed by atoms with Crippen LogP contribution in [-0.2, 0) is 20.7 Å². The Morgan fingerprint density at radius 1 is 1.03 bits per heavy atom. The van der Waals surface area contributed by atoms with Crippen LogP contribution in [0, 0.1) is 0 Å². The standard InChI is InChI=1S/C29H32N2O5S/c1-2-36-29(35)21-10-14-23(15-11-21)31(26(33)19-25-9-6-18-37-25)27(20-12-16-24(32)17-13-20)28(34)30-22-7-4-3-5-8-22/h6,9-18,22,27,32H,2-5,7-8,19H2,1H3,(H,30,34)/t27-/m0/s1. The molecule has 1 saturated carbocycles. The van der Waals surface area contributed by atoms with Crippen LogP contribution >= 0.6 is 11.3 Å². The first-order chi connectivity index (χ1) is 18.0. The van der Waals surface area contributed by atoms with Crippen LogP contribution in [0.4, 0.5) is 5.69 Å². The van der Waals surface area contributed by atoms with Crippen molar-refractivity contribution >= 4 is 34.8 Å². The second-order valence-electron chi connectivity index (χ2n) is 9.12. The van der Waals surface area contributed by atoms with Crippen molar-refractivity contribution in [1.82, 2.24) is 5.32 Å². The number of phenolic OH excluding ortho intramolecular Hbond substituents is 1. The van der Waals surface area contributed by atoms with Crippen LogP contribution in [0.15, 0.2) is 66.0 Å². The minimum absolute atomic E-state index is 0.0568. The molecule has 1 aliphatic rings. The summed E-state index contributed by atoms with van der Waals surface area (Å²) in [6.07, 6.45) is 5.22. The first kappa shape index (κ1) is 26.4. The van der Waals surface area contributed by atoms with E-state index in [1.807, 2.05) is 17.5 Å². The topological polar surface area (TPSA) is 95.9 Å². The Labute approximate surface area is 221 Å². The fourth-order valence-electron chi connectivity index (χ4n) is 4.66. The first-order valence-corrected chi connectivity index (χ1v) is 13.5. The highest BCUT2D eigenvalue weighted by atomic mass is 32.1. The molecule has 1 aromatic heterocycles. The van der Waals surface area contributed by atoms with Crippen molar-refractivity contribution in [3.8, 4) is 5.75 Å². The summed E-state index contributed by atoms with van der Waals surface area (Å²) >= 11 is 1.48. The van der Waals surface area contributed by atoms with E-state index in [0.717, 1.165) is 37.0 Å². The van der Waals surface area contributed by atoms with E-state index < -0.39 is 12.0 Å². The minimum Gasteiger partial charge on any atom is -0.508 e. The number of anilines is 1. The van der Waals surface area contributed by atoms with E-state index in [9.17, 15) is 19.5 Å². The van der Waals surface area contributed by atoms with Crippen LogP contribution in [0.2, 0.25) is 0 Å². The third kappa shape index (κ3) is 6.77. The summed E-state index contributed by atoms with van der Waals surface area (Å²) in [5.74, 6) is -0.893. The van der Waals surface area contributed by atoms with Crippen LogP contribution in [-0.4, -0.2) is 35.5 Å². The van der Waals surface area contributed by atoms with Gasteiger partial charge in [-0.25, -0.2) is 4.79 Å². The zero-order valence-corrected chi connectivity index (χ0v) is 21.7. The van der Waals surface area contributed by atoms with Gasteiger partial charge >= 0.3 is 5.97 Å². The molecule has 1 atom stereocenters. The highest BCUT2D eigenvalue weighted by Gasteiger charge is 2.34. The summed E-state index contributed by atoms with van der Waals surface area (Å²) in [7, 11) is 0. The lowest BCUT2D eigenvalue weighted by atomic mass is 9.94. The largest absolute Gasteiger partial charge is 0.508 e. The molecule has 0 spiro atoms. The van der Waals surface area contributed by atoms with E-state index >= 15 is 0 Å². The van der Waals surface area contributed by atoms with Gasteiger partial charge in [0.25, 0.3) is 0 Å². The minimum atomic E-state index is -0.955.